The fourth-order valence-corrected chi connectivity index (χ4v) is 3.92. The number of anilines is 1. The van der Waals surface area contributed by atoms with Crippen LogP contribution in [0.4, 0.5) is 10.1 Å². The molecule has 0 atom stereocenters. The molecule has 2 aromatic carbocycles. The van der Waals surface area contributed by atoms with Gasteiger partial charge in [0.15, 0.2) is 5.78 Å². The van der Waals surface area contributed by atoms with Gasteiger partial charge in [0.25, 0.3) is 0 Å². The molecule has 2 heterocycles. The van der Waals surface area contributed by atoms with E-state index in [4.69, 9.17) is 0 Å². The number of rotatable bonds is 5. The monoisotopic (exact) mass is 419 g/mol. The summed E-state index contributed by atoms with van der Waals surface area (Å²) in [5.41, 5.74) is 2.75. The number of aromatic nitrogens is 1. The van der Waals surface area contributed by atoms with Crippen molar-refractivity contribution >= 4 is 28.4 Å². The van der Waals surface area contributed by atoms with Crippen molar-refractivity contribution in [2.75, 3.05) is 31.1 Å². The molecule has 0 bridgehead atoms. The third kappa shape index (κ3) is 4.30. The van der Waals surface area contributed by atoms with Gasteiger partial charge in [0, 0.05) is 44.3 Å². The quantitative estimate of drug-likeness (QED) is 0.505. The molecule has 1 fully saturated rings. The highest BCUT2D eigenvalue weighted by Gasteiger charge is 2.19. The molecule has 0 aliphatic carbocycles. The summed E-state index contributed by atoms with van der Waals surface area (Å²) in [6.07, 6.45) is 4.68. The molecule has 0 spiro atoms. The zero-order valence-electron chi connectivity index (χ0n) is 17.8. The zero-order chi connectivity index (χ0) is 22.0. The Morgan fingerprint density at radius 1 is 1.16 bits per heavy atom. The second kappa shape index (κ2) is 8.86. The number of piperazine rings is 1. The second-order valence-electron chi connectivity index (χ2n) is 7.82. The highest BCUT2D eigenvalue weighted by molar-refractivity contribution is 6.08. The van der Waals surface area contributed by atoms with Gasteiger partial charge in [0.2, 0.25) is 5.43 Å². The lowest BCUT2D eigenvalue weighted by Gasteiger charge is -2.30. The van der Waals surface area contributed by atoms with E-state index in [2.05, 4.69) is 5.32 Å². The average molecular weight is 420 g/mol. The first-order chi connectivity index (χ1) is 15.0. The van der Waals surface area contributed by atoms with Crippen LogP contribution in [0.2, 0.25) is 0 Å². The van der Waals surface area contributed by atoms with Gasteiger partial charge in [-0.2, -0.15) is 0 Å². The van der Waals surface area contributed by atoms with Gasteiger partial charge in [-0.3, -0.25) is 9.59 Å². The molecule has 1 saturated heterocycles. The van der Waals surface area contributed by atoms with Crippen LogP contribution in [0.25, 0.3) is 17.0 Å². The van der Waals surface area contributed by atoms with Gasteiger partial charge in [-0.25, -0.2) is 4.39 Å². The van der Waals surface area contributed by atoms with Gasteiger partial charge in [-0.15, -0.1) is 0 Å². The summed E-state index contributed by atoms with van der Waals surface area (Å²) in [5.74, 6) is -0.824. The van der Waals surface area contributed by atoms with Gasteiger partial charge in [0.05, 0.1) is 16.8 Å². The molecule has 0 radical (unpaired) electrons. The molecule has 160 valence electrons. The van der Waals surface area contributed by atoms with Crippen LogP contribution in [0.1, 0.15) is 28.4 Å². The summed E-state index contributed by atoms with van der Waals surface area (Å²) in [7, 11) is 0. The Morgan fingerprint density at radius 2 is 1.87 bits per heavy atom. The molecule has 1 aliphatic heterocycles. The van der Waals surface area contributed by atoms with Crippen molar-refractivity contribution in [1.82, 2.24) is 9.88 Å². The Morgan fingerprint density at radius 3 is 2.55 bits per heavy atom. The molecule has 1 N–H and O–H groups in total. The van der Waals surface area contributed by atoms with Crippen molar-refractivity contribution in [3.05, 3.63) is 81.4 Å². The minimum absolute atomic E-state index is 0.0482. The summed E-state index contributed by atoms with van der Waals surface area (Å²) in [6.45, 7) is 7.49. The van der Waals surface area contributed by atoms with E-state index < -0.39 is 11.2 Å². The van der Waals surface area contributed by atoms with E-state index in [-0.39, 0.29) is 16.7 Å². The molecule has 0 saturated carbocycles. The van der Waals surface area contributed by atoms with Crippen LogP contribution in [-0.2, 0) is 6.54 Å². The second-order valence-corrected chi connectivity index (χ2v) is 7.82. The van der Waals surface area contributed by atoms with Crippen molar-refractivity contribution in [3.8, 4) is 0 Å². The number of hydrogen-bond donors (Lipinski definition) is 1. The molecule has 3 aromatic rings. The number of fused-ring (bicyclic) bond motifs is 1. The molecule has 1 aromatic heterocycles. The van der Waals surface area contributed by atoms with Crippen molar-refractivity contribution in [1.29, 1.82) is 0 Å². The first kappa shape index (κ1) is 21.0. The topological polar surface area (TPSA) is 54.3 Å². The molecule has 31 heavy (non-hydrogen) atoms. The molecule has 6 heteroatoms. The first-order valence-electron chi connectivity index (χ1n) is 10.6. The van der Waals surface area contributed by atoms with E-state index >= 15 is 0 Å². The van der Waals surface area contributed by atoms with Crippen LogP contribution in [0.15, 0.2) is 53.5 Å². The maximum Gasteiger partial charge on any atom is 0.200 e. The summed E-state index contributed by atoms with van der Waals surface area (Å²) in [5, 5.41) is 3.49. The summed E-state index contributed by atoms with van der Waals surface area (Å²) in [4.78, 5) is 27.9. The Kier molecular flexibility index (Phi) is 6.00. The van der Waals surface area contributed by atoms with Crippen molar-refractivity contribution in [2.45, 2.75) is 20.4 Å². The SMILES string of the molecule is CCn1cc(C(=O)C=Cc2ccc(C)cc2)c(=O)c2cc(F)c(N3CCNCC3)cc21. The van der Waals surface area contributed by atoms with Gasteiger partial charge in [-0.1, -0.05) is 35.9 Å². The van der Waals surface area contributed by atoms with Gasteiger partial charge >= 0.3 is 0 Å². The van der Waals surface area contributed by atoms with Crippen molar-refractivity contribution < 1.29 is 9.18 Å². The van der Waals surface area contributed by atoms with Crippen LogP contribution < -0.4 is 15.6 Å². The number of allylic oxidation sites excluding steroid dienone is 1. The van der Waals surface area contributed by atoms with Crippen LogP contribution >= 0.6 is 0 Å². The molecule has 5 nitrogen and oxygen atoms in total. The summed E-state index contributed by atoms with van der Waals surface area (Å²) in [6, 6.07) is 10.8. The van der Waals surface area contributed by atoms with Crippen molar-refractivity contribution in [3.63, 3.8) is 0 Å². The first-order valence-corrected chi connectivity index (χ1v) is 10.6. The minimum atomic E-state index is -0.441. The average Bonchev–Trinajstić information content (AvgIpc) is 2.79. The number of hydrogen-bond acceptors (Lipinski definition) is 4. The summed E-state index contributed by atoms with van der Waals surface area (Å²) >= 11 is 0. The van der Waals surface area contributed by atoms with Crippen molar-refractivity contribution in [2.24, 2.45) is 0 Å². The number of aryl methyl sites for hydroxylation is 2. The number of halogens is 1. The smallest absolute Gasteiger partial charge is 0.200 e. The third-order valence-electron chi connectivity index (χ3n) is 5.72. The Labute approximate surface area is 180 Å². The minimum Gasteiger partial charge on any atom is -0.367 e. The maximum absolute atomic E-state index is 14.9. The normalized spacial score (nSPS) is 14.5. The largest absolute Gasteiger partial charge is 0.367 e. The van der Waals surface area contributed by atoms with Crippen LogP contribution in [-0.4, -0.2) is 36.5 Å². The van der Waals surface area contributed by atoms with E-state index in [1.807, 2.05) is 47.6 Å². The van der Waals surface area contributed by atoms with E-state index in [1.54, 1.807) is 18.3 Å². The standard InChI is InChI=1S/C25H26FN3O2/c1-3-28-16-20(24(30)9-8-18-6-4-17(2)5-7-18)25(31)19-14-21(26)23(15-22(19)28)29-12-10-27-11-13-29/h4-9,14-16,27H,3,10-13H2,1-2H3. The van der Waals surface area contributed by atoms with Crippen LogP contribution in [0.3, 0.4) is 0 Å². The van der Waals surface area contributed by atoms with E-state index in [9.17, 15) is 14.0 Å². The number of carbonyl (C=O) groups excluding carboxylic acids is 1. The van der Waals surface area contributed by atoms with Crippen LogP contribution in [0.5, 0.6) is 0 Å². The lowest BCUT2D eigenvalue weighted by atomic mass is 10.1. The number of nitrogens with one attached hydrogen (secondary N) is 1. The molecule has 1 aliphatic rings. The predicted molar refractivity (Wildman–Crippen MR) is 123 cm³/mol. The lowest BCUT2D eigenvalue weighted by Crippen LogP contribution is -2.43. The van der Waals surface area contributed by atoms with Gasteiger partial charge in [-0.05, 0) is 37.6 Å². The fraction of sp³-hybridized carbons (Fsp3) is 0.280. The number of ketones is 1. The summed E-state index contributed by atoms with van der Waals surface area (Å²) < 4.78 is 16.8. The van der Waals surface area contributed by atoms with E-state index in [0.29, 0.717) is 30.8 Å². The highest BCUT2D eigenvalue weighted by Crippen LogP contribution is 2.26. The van der Waals surface area contributed by atoms with Crippen LogP contribution in [0, 0.1) is 12.7 Å². The Hall–Kier alpha value is -3.25. The highest BCUT2D eigenvalue weighted by atomic mass is 19.1. The zero-order valence-corrected chi connectivity index (χ0v) is 17.8. The molecule has 0 amide bonds. The maximum atomic E-state index is 14.9. The van der Waals surface area contributed by atoms with Gasteiger partial charge < -0.3 is 14.8 Å². The fourth-order valence-electron chi connectivity index (χ4n) is 3.92. The number of nitrogens with zero attached hydrogens (tertiary/aromatic N) is 2. The predicted octanol–water partition coefficient (Wildman–Crippen LogP) is 3.77. The van der Waals surface area contributed by atoms with E-state index in [1.165, 1.54) is 12.1 Å². The Bertz CT molecular complexity index is 1210. The lowest BCUT2D eigenvalue weighted by molar-refractivity contribution is 0.104. The number of benzene rings is 2. The molecular weight excluding hydrogens is 393 g/mol. The molecular formula is C25H26FN3O2. The molecule has 4 rings (SSSR count). The number of pyridine rings is 1. The Balaban J connectivity index is 1.75. The third-order valence-corrected chi connectivity index (χ3v) is 5.72. The van der Waals surface area contributed by atoms with Gasteiger partial charge in [0.1, 0.15) is 5.82 Å². The van der Waals surface area contributed by atoms with E-state index in [0.717, 1.165) is 24.2 Å². The molecule has 0 unspecified atom stereocenters. The number of carbonyl (C=O) groups is 1.